The van der Waals surface area contributed by atoms with E-state index in [-0.39, 0.29) is 5.91 Å². The molecule has 0 aliphatic carbocycles. The molecule has 22 heavy (non-hydrogen) atoms. The summed E-state index contributed by atoms with van der Waals surface area (Å²) in [7, 11) is -3.44. The number of aromatic nitrogens is 1. The van der Waals surface area contributed by atoms with Gasteiger partial charge in [0.2, 0.25) is 0 Å². The number of carbonyl (C=O) groups is 1. The molecule has 2 aromatic rings. The quantitative estimate of drug-likeness (QED) is 0.839. The van der Waals surface area contributed by atoms with Crippen molar-refractivity contribution in [1.82, 2.24) is 14.2 Å². The van der Waals surface area contributed by atoms with Gasteiger partial charge >= 0.3 is 0 Å². The van der Waals surface area contributed by atoms with E-state index in [2.05, 4.69) is 4.98 Å². The van der Waals surface area contributed by atoms with E-state index in [0.29, 0.717) is 42.5 Å². The maximum atomic E-state index is 12.5. The van der Waals surface area contributed by atoms with Gasteiger partial charge in [-0.2, -0.15) is 4.31 Å². The predicted molar refractivity (Wildman–Crippen MR) is 85.7 cm³/mol. The van der Waals surface area contributed by atoms with Crippen LogP contribution in [-0.4, -0.2) is 54.7 Å². The number of amides is 1. The Bertz CT molecular complexity index is 726. The molecule has 6 nitrogen and oxygen atoms in total. The summed E-state index contributed by atoms with van der Waals surface area (Å²) in [5.74, 6) is -0.128. The summed E-state index contributed by atoms with van der Waals surface area (Å²) in [6.07, 6.45) is 0.625. The number of hydrogen-bond donors (Lipinski definition) is 0. The minimum atomic E-state index is -3.44. The fourth-order valence-electron chi connectivity index (χ4n) is 2.35. The smallest absolute Gasteiger partial charge is 0.273 e. The van der Waals surface area contributed by atoms with Crippen molar-refractivity contribution in [3.8, 4) is 0 Å². The lowest BCUT2D eigenvalue weighted by molar-refractivity contribution is 0.0759. The lowest BCUT2D eigenvalue weighted by Gasteiger charge is -2.20. The largest absolute Gasteiger partial charge is 0.336 e. The lowest BCUT2D eigenvalue weighted by atomic mass is 10.3. The van der Waals surface area contributed by atoms with Crippen LogP contribution in [-0.2, 0) is 10.0 Å². The van der Waals surface area contributed by atoms with Crippen LogP contribution < -0.4 is 0 Å². The van der Waals surface area contributed by atoms with E-state index >= 15 is 0 Å². The second-order valence-corrected chi connectivity index (χ2v) is 8.69. The highest BCUT2D eigenvalue weighted by Gasteiger charge is 2.29. The van der Waals surface area contributed by atoms with E-state index in [1.807, 2.05) is 0 Å². The molecule has 0 N–H and O–H groups in total. The molecule has 0 radical (unpaired) electrons. The molecule has 3 rings (SSSR count). The van der Waals surface area contributed by atoms with Crippen molar-refractivity contribution < 1.29 is 13.2 Å². The maximum Gasteiger partial charge on any atom is 0.273 e. The average Bonchev–Trinajstić information content (AvgIpc) is 3.16. The minimum Gasteiger partial charge on any atom is -0.336 e. The molecule has 0 aromatic carbocycles. The van der Waals surface area contributed by atoms with Crippen LogP contribution in [0.4, 0.5) is 0 Å². The second kappa shape index (κ2) is 6.45. The van der Waals surface area contributed by atoms with Gasteiger partial charge in [0.25, 0.3) is 15.9 Å². The molecule has 3 heterocycles. The molecule has 118 valence electrons. The maximum absolute atomic E-state index is 12.5. The summed E-state index contributed by atoms with van der Waals surface area (Å²) >= 11 is 2.59. The molecule has 0 bridgehead atoms. The van der Waals surface area contributed by atoms with Gasteiger partial charge in [-0.25, -0.2) is 13.4 Å². The highest BCUT2D eigenvalue weighted by Crippen LogP contribution is 2.22. The first-order chi connectivity index (χ1) is 10.6. The third kappa shape index (κ3) is 3.07. The van der Waals surface area contributed by atoms with Gasteiger partial charge in [0.05, 0.1) is 5.51 Å². The summed E-state index contributed by atoms with van der Waals surface area (Å²) in [5, 5.41) is 3.47. The highest BCUT2D eigenvalue weighted by atomic mass is 32.2. The summed E-state index contributed by atoms with van der Waals surface area (Å²) in [6.45, 7) is 1.69. The minimum absolute atomic E-state index is 0.128. The van der Waals surface area contributed by atoms with Crippen LogP contribution in [0.2, 0.25) is 0 Å². The van der Waals surface area contributed by atoms with Gasteiger partial charge in [0.1, 0.15) is 9.90 Å². The average molecular weight is 357 g/mol. The van der Waals surface area contributed by atoms with Gasteiger partial charge in [0.15, 0.2) is 0 Å². The standard InChI is InChI=1S/C13H15N3O3S3/c17-13(11-9-20-10-14-11)15-4-2-5-16(7-6-15)22(18,19)12-3-1-8-21-12/h1,3,8-10H,2,4-7H2. The van der Waals surface area contributed by atoms with Crippen molar-refractivity contribution in [2.45, 2.75) is 10.6 Å². The van der Waals surface area contributed by atoms with Crippen molar-refractivity contribution in [2.75, 3.05) is 26.2 Å². The Kier molecular flexibility index (Phi) is 4.57. The van der Waals surface area contributed by atoms with Gasteiger partial charge in [-0.05, 0) is 17.9 Å². The zero-order valence-corrected chi connectivity index (χ0v) is 14.2. The van der Waals surface area contributed by atoms with E-state index < -0.39 is 10.0 Å². The fourth-order valence-corrected chi connectivity index (χ4v) is 5.49. The Morgan fingerprint density at radius 1 is 1.23 bits per heavy atom. The predicted octanol–water partition coefficient (Wildman–Crippen LogP) is 1.74. The number of sulfonamides is 1. The molecule has 1 fully saturated rings. The monoisotopic (exact) mass is 357 g/mol. The Morgan fingerprint density at radius 3 is 2.77 bits per heavy atom. The Morgan fingerprint density at radius 2 is 2.09 bits per heavy atom. The Balaban J connectivity index is 1.72. The number of nitrogens with zero attached hydrogens (tertiary/aromatic N) is 3. The number of rotatable bonds is 3. The van der Waals surface area contributed by atoms with Gasteiger partial charge in [-0.15, -0.1) is 22.7 Å². The highest BCUT2D eigenvalue weighted by molar-refractivity contribution is 7.91. The third-order valence-electron chi connectivity index (χ3n) is 3.48. The van der Waals surface area contributed by atoms with Crippen LogP contribution in [0.25, 0.3) is 0 Å². The number of carbonyl (C=O) groups excluding carboxylic acids is 1. The van der Waals surface area contributed by atoms with Crippen LogP contribution in [0, 0.1) is 0 Å². The molecule has 0 spiro atoms. The van der Waals surface area contributed by atoms with Crippen LogP contribution >= 0.6 is 22.7 Å². The Hall–Kier alpha value is -1.29. The third-order valence-corrected chi connectivity index (χ3v) is 7.34. The van der Waals surface area contributed by atoms with Gasteiger partial charge in [-0.3, -0.25) is 4.79 Å². The summed E-state index contributed by atoms with van der Waals surface area (Å²) in [6, 6.07) is 3.34. The molecule has 9 heteroatoms. The van der Waals surface area contributed by atoms with E-state index in [1.165, 1.54) is 27.0 Å². The molecule has 1 aliphatic rings. The first-order valence-corrected chi connectivity index (χ1v) is 10.1. The SMILES string of the molecule is O=C(c1cscn1)N1CCCN(S(=O)(=O)c2cccs2)CC1. The van der Waals surface area contributed by atoms with Crippen LogP contribution in [0.3, 0.4) is 0 Å². The molecule has 0 atom stereocenters. The van der Waals surface area contributed by atoms with Gasteiger partial charge in [0, 0.05) is 31.6 Å². The fraction of sp³-hybridized carbons (Fsp3) is 0.385. The van der Waals surface area contributed by atoms with Crippen LogP contribution in [0.5, 0.6) is 0 Å². The number of thiazole rings is 1. The second-order valence-electron chi connectivity index (χ2n) is 4.86. The number of hydrogen-bond acceptors (Lipinski definition) is 6. The van der Waals surface area contributed by atoms with Crippen LogP contribution in [0.15, 0.2) is 32.6 Å². The zero-order chi connectivity index (χ0) is 15.6. The van der Waals surface area contributed by atoms with E-state index in [1.54, 1.807) is 33.3 Å². The van der Waals surface area contributed by atoms with Crippen molar-refractivity contribution in [2.24, 2.45) is 0 Å². The lowest BCUT2D eigenvalue weighted by Crippen LogP contribution is -2.37. The first-order valence-electron chi connectivity index (χ1n) is 6.80. The normalized spacial score (nSPS) is 17.4. The number of thiophene rings is 1. The van der Waals surface area contributed by atoms with Crippen LogP contribution in [0.1, 0.15) is 16.9 Å². The zero-order valence-electron chi connectivity index (χ0n) is 11.7. The molecule has 1 saturated heterocycles. The molecule has 2 aromatic heterocycles. The first kappa shape index (κ1) is 15.6. The summed E-state index contributed by atoms with van der Waals surface area (Å²) in [5.41, 5.74) is 2.05. The van der Waals surface area contributed by atoms with Gasteiger partial charge < -0.3 is 4.90 Å². The van der Waals surface area contributed by atoms with Gasteiger partial charge in [-0.1, -0.05) is 6.07 Å². The summed E-state index contributed by atoms with van der Waals surface area (Å²) < 4.78 is 26.9. The topological polar surface area (TPSA) is 70.6 Å². The molecule has 1 amide bonds. The summed E-state index contributed by atoms with van der Waals surface area (Å²) in [4.78, 5) is 18.0. The molecule has 1 aliphatic heterocycles. The van der Waals surface area contributed by atoms with Crippen molar-refractivity contribution in [3.63, 3.8) is 0 Å². The van der Waals surface area contributed by atoms with E-state index in [4.69, 9.17) is 0 Å². The van der Waals surface area contributed by atoms with E-state index in [9.17, 15) is 13.2 Å². The van der Waals surface area contributed by atoms with Crippen molar-refractivity contribution >= 4 is 38.6 Å². The molecule has 0 unspecified atom stereocenters. The van der Waals surface area contributed by atoms with Crippen molar-refractivity contribution in [3.05, 3.63) is 34.1 Å². The Labute approximate surface area is 137 Å². The molecular weight excluding hydrogens is 342 g/mol. The van der Waals surface area contributed by atoms with E-state index in [0.717, 1.165) is 0 Å². The molecular formula is C13H15N3O3S3. The molecule has 0 saturated carbocycles. The van der Waals surface area contributed by atoms with Crippen molar-refractivity contribution in [1.29, 1.82) is 0 Å².